The van der Waals surface area contributed by atoms with Crippen molar-refractivity contribution in [3.8, 4) is 11.5 Å². The summed E-state index contributed by atoms with van der Waals surface area (Å²) in [6, 6.07) is 3.48. The van der Waals surface area contributed by atoms with Crippen LogP contribution in [0.15, 0.2) is 18.2 Å². The molecule has 6 heteroatoms. The van der Waals surface area contributed by atoms with Crippen LogP contribution in [0.25, 0.3) is 0 Å². The van der Waals surface area contributed by atoms with E-state index < -0.39 is 18.6 Å². The molecule has 0 bridgehead atoms. The molecular weight excluding hydrogens is 224 g/mol. The van der Waals surface area contributed by atoms with Crippen molar-refractivity contribution in [1.82, 2.24) is 5.32 Å². The molecular formula is C11H16N2O4. The van der Waals surface area contributed by atoms with Gasteiger partial charge in [-0.05, 0) is 18.6 Å². The first-order valence-electron chi connectivity index (χ1n) is 5.20. The van der Waals surface area contributed by atoms with Crippen LogP contribution in [0.3, 0.4) is 0 Å². The zero-order valence-corrected chi connectivity index (χ0v) is 9.26. The van der Waals surface area contributed by atoms with Gasteiger partial charge in [0.15, 0.2) is 0 Å². The normalized spacial score (nSPS) is 12.1. The predicted molar refractivity (Wildman–Crippen MR) is 61.5 cm³/mol. The summed E-state index contributed by atoms with van der Waals surface area (Å²) in [6.45, 7) is -0.203. The van der Waals surface area contributed by atoms with E-state index in [0.717, 1.165) is 0 Å². The molecule has 1 atom stereocenters. The summed E-state index contributed by atoms with van der Waals surface area (Å²) in [6.07, 6.45) is 0.280. The average molecular weight is 240 g/mol. The Morgan fingerprint density at radius 2 is 1.94 bits per heavy atom. The molecule has 1 unspecified atom stereocenters. The lowest BCUT2D eigenvalue weighted by Gasteiger charge is -2.10. The second-order valence-electron chi connectivity index (χ2n) is 3.60. The molecule has 6 nitrogen and oxygen atoms in total. The first-order valence-corrected chi connectivity index (χ1v) is 5.20. The van der Waals surface area contributed by atoms with Gasteiger partial charge >= 0.3 is 0 Å². The van der Waals surface area contributed by atoms with Gasteiger partial charge in [-0.3, -0.25) is 4.79 Å². The molecule has 1 amide bonds. The number of nitrogens with two attached hydrogens (primary N) is 1. The van der Waals surface area contributed by atoms with Crippen molar-refractivity contribution in [2.24, 2.45) is 5.73 Å². The highest BCUT2D eigenvalue weighted by atomic mass is 16.3. The summed E-state index contributed by atoms with van der Waals surface area (Å²) in [5.74, 6) is -0.515. The van der Waals surface area contributed by atoms with Gasteiger partial charge in [0.1, 0.15) is 17.5 Å². The first-order chi connectivity index (χ1) is 8.06. The summed E-state index contributed by atoms with van der Waals surface area (Å²) in [4.78, 5) is 11.2. The van der Waals surface area contributed by atoms with Gasteiger partial charge in [-0.25, -0.2) is 0 Å². The lowest BCUT2D eigenvalue weighted by atomic mass is 10.1. The highest BCUT2D eigenvalue weighted by Gasteiger charge is 2.12. The summed E-state index contributed by atoms with van der Waals surface area (Å²) in [5.41, 5.74) is 5.66. The summed E-state index contributed by atoms with van der Waals surface area (Å²) >= 11 is 0. The van der Waals surface area contributed by atoms with Crippen LogP contribution < -0.4 is 11.1 Å². The van der Waals surface area contributed by atoms with E-state index in [1.807, 2.05) is 0 Å². The van der Waals surface area contributed by atoms with Crippen molar-refractivity contribution in [3.63, 3.8) is 0 Å². The minimum Gasteiger partial charge on any atom is -0.508 e. The molecule has 0 aromatic heterocycles. The van der Waals surface area contributed by atoms with Crippen molar-refractivity contribution in [3.05, 3.63) is 23.8 Å². The molecule has 17 heavy (non-hydrogen) atoms. The molecule has 0 spiro atoms. The van der Waals surface area contributed by atoms with E-state index in [9.17, 15) is 15.0 Å². The van der Waals surface area contributed by atoms with E-state index in [4.69, 9.17) is 10.8 Å². The van der Waals surface area contributed by atoms with Gasteiger partial charge in [0, 0.05) is 12.1 Å². The Hall–Kier alpha value is -1.79. The molecule has 0 aliphatic heterocycles. The van der Waals surface area contributed by atoms with Crippen LogP contribution in [0.2, 0.25) is 0 Å². The van der Waals surface area contributed by atoms with Crippen molar-refractivity contribution in [1.29, 1.82) is 0 Å². The molecule has 0 aliphatic rings. The number of rotatable bonds is 5. The Morgan fingerprint density at radius 3 is 2.47 bits per heavy atom. The number of aliphatic hydroxyl groups is 1. The Bertz CT molecular complexity index is 375. The fourth-order valence-corrected chi connectivity index (χ4v) is 1.34. The maximum Gasteiger partial charge on any atom is 0.239 e. The Labute approximate surface area is 98.7 Å². The fourth-order valence-electron chi connectivity index (χ4n) is 1.34. The molecule has 0 saturated carbocycles. The minimum atomic E-state index is -0.951. The molecule has 1 rings (SSSR count). The maximum atomic E-state index is 11.2. The molecule has 0 radical (unpaired) electrons. The van der Waals surface area contributed by atoms with Crippen molar-refractivity contribution >= 4 is 5.91 Å². The fraction of sp³-hybridized carbons (Fsp3) is 0.364. The predicted octanol–water partition coefficient (Wildman–Crippen LogP) is -0.924. The third kappa shape index (κ3) is 3.61. The number of phenols is 2. The number of carbonyl (C=O) groups excluding carboxylic acids is 1. The number of carbonyl (C=O) groups is 1. The molecule has 0 fully saturated rings. The smallest absolute Gasteiger partial charge is 0.239 e. The largest absolute Gasteiger partial charge is 0.508 e. The highest BCUT2D eigenvalue weighted by Crippen LogP contribution is 2.26. The van der Waals surface area contributed by atoms with Crippen LogP contribution in [-0.2, 0) is 11.2 Å². The zero-order valence-electron chi connectivity index (χ0n) is 9.26. The second-order valence-corrected chi connectivity index (χ2v) is 3.60. The topological polar surface area (TPSA) is 116 Å². The van der Waals surface area contributed by atoms with Crippen molar-refractivity contribution < 1.29 is 20.1 Å². The molecule has 1 aromatic carbocycles. The van der Waals surface area contributed by atoms with E-state index in [0.29, 0.717) is 5.56 Å². The molecule has 94 valence electrons. The Balaban J connectivity index is 2.49. The van der Waals surface area contributed by atoms with Crippen LogP contribution in [0.4, 0.5) is 0 Å². The van der Waals surface area contributed by atoms with Gasteiger partial charge in [0.2, 0.25) is 5.91 Å². The Morgan fingerprint density at radius 1 is 1.35 bits per heavy atom. The summed E-state index contributed by atoms with van der Waals surface area (Å²) in [7, 11) is 0. The van der Waals surface area contributed by atoms with Gasteiger partial charge in [0.05, 0.1) is 6.61 Å². The lowest BCUT2D eigenvalue weighted by Crippen LogP contribution is -2.43. The van der Waals surface area contributed by atoms with E-state index in [1.165, 1.54) is 18.2 Å². The van der Waals surface area contributed by atoms with Crippen LogP contribution in [-0.4, -0.2) is 40.4 Å². The van der Waals surface area contributed by atoms with Gasteiger partial charge in [-0.2, -0.15) is 0 Å². The molecule has 0 saturated heterocycles. The third-order valence-electron chi connectivity index (χ3n) is 2.33. The first kappa shape index (κ1) is 13.3. The van der Waals surface area contributed by atoms with Gasteiger partial charge in [-0.15, -0.1) is 0 Å². The second kappa shape index (κ2) is 6.07. The van der Waals surface area contributed by atoms with E-state index in [1.54, 1.807) is 0 Å². The lowest BCUT2D eigenvalue weighted by molar-refractivity contribution is -0.123. The Kier molecular flexibility index (Phi) is 4.74. The highest BCUT2D eigenvalue weighted by molar-refractivity contribution is 5.81. The van der Waals surface area contributed by atoms with Crippen LogP contribution in [0, 0.1) is 0 Å². The number of hydrogen-bond donors (Lipinski definition) is 5. The standard InChI is InChI=1S/C11H16N2O4/c12-8(6-14)11(17)13-5-4-7-9(15)2-1-3-10(7)16/h1-3,8,14-16H,4-6,12H2,(H,13,17). The maximum absolute atomic E-state index is 11.2. The number of phenolic OH excluding ortho intramolecular Hbond substituents is 2. The van der Waals surface area contributed by atoms with Crippen LogP contribution >= 0.6 is 0 Å². The number of aromatic hydroxyl groups is 2. The number of amides is 1. The van der Waals surface area contributed by atoms with Crippen molar-refractivity contribution in [2.75, 3.05) is 13.2 Å². The molecule has 6 N–H and O–H groups in total. The number of benzene rings is 1. The summed E-state index contributed by atoms with van der Waals surface area (Å²) < 4.78 is 0. The minimum absolute atomic E-state index is 0.0225. The van der Waals surface area contributed by atoms with Crippen molar-refractivity contribution in [2.45, 2.75) is 12.5 Å². The summed E-state index contributed by atoms with van der Waals surface area (Å²) in [5, 5.41) is 30.1. The number of aliphatic hydroxyl groups excluding tert-OH is 1. The van der Waals surface area contributed by atoms with Gasteiger partial charge < -0.3 is 26.4 Å². The van der Waals surface area contributed by atoms with E-state index >= 15 is 0 Å². The van der Waals surface area contributed by atoms with Gasteiger partial charge in [0.25, 0.3) is 0 Å². The average Bonchev–Trinajstić information content (AvgIpc) is 2.31. The molecule has 1 aromatic rings. The number of nitrogens with one attached hydrogen (secondary N) is 1. The number of hydrogen-bond acceptors (Lipinski definition) is 5. The van der Waals surface area contributed by atoms with Gasteiger partial charge in [-0.1, -0.05) is 6.07 Å². The third-order valence-corrected chi connectivity index (χ3v) is 2.33. The quantitative estimate of drug-likeness (QED) is 0.456. The van der Waals surface area contributed by atoms with Crippen LogP contribution in [0.1, 0.15) is 5.56 Å². The van der Waals surface area contributed by atoms with E-state index in [-0.39, 0.29) is 24.5 Å². The SMILES string of the molecule is NC(CO)C(=O)NCCc1c(O)cccc1O. The monoisotopic (exact) mass is 240 g/mol. The molecule has 0 aliphatic carbocycles. The van der Waals surface area contributed by atoms with E-state index in [2.05, 4.69) is 5.32 Å². The zero-order chi connectivity index (χ0) is 12.8. The van der Waals surface area contributed by atoms with Crippen LogP contribution in [0.5, 0.6) is 11.5 Å². The molecule has 0 heterocycles.